The predicted octanol–water partition coefficient (Wildman–Crippen LogP) is 2.71. The maximum atomic E-state index is 12.8. The van der Waals surface area contributed by atoms with Gasteiger partial charge < -0.3 is 15.1 Å². The number of carbonyl (C=O) groups excluding carboxylic acids is 2. The van der Waals surface area contributed by atoms with E-state index in [0.29, 0.717) is 42.6 Å². The highest BCUT2D eigenvalue weighted by Crippen LogP contribution is 2.28. The molecule has 0 saturated carbocycles. The molecule has 0 radical (unpaired) electrons. The fraction of sp³-hybridized carbons (Fsp3) is 0.333. The number of nitro groups is 1. The van der Waals surface area contributed by atoms with Gasteiger partial charge in [0.2, 0.25) is 5.91 Å². The van der Waals surface area contributed by atoms with Gasteiger partial charge in [0.25, 0.3) is 11.6 Å². The first kappa shape index (κ1) is 22.5. The Morgan fingerprint density at radius 3 is 2.42 bits per heavy atom. The molecule has 0 bridgehead atoms. The lowest BCUT2D eigenvalue weighted by atomic mass is 10.1. The molecule has 0 atom stereocenters. The number of piperazine rings is 1. The second-order valence-corrected chi connectivity index (χ2v) is 7.86. The number of anilines is 2. The van der Waals surface area contributed by atoms with Crippen LogP contribution in [-0.2, 0) is 4.79 Å². The number of benzene rings is 2. The minimum atomic E-state index is -0.484. The Labute approximate surface area is 185 Å². The van der Waals surface area contributed by atoms with Crippen molar-refractivity contribution in [3.05, 3.63) is 63.2 Å². The van der Waals surface area contributed by atoms with E-state index >= 15 is 0 Å². The van der Waals surface area contributed by atoms with Crippen LogP contribution in [0, 0.1) is 10.1 Å². The van der Waals surface area contributed by atoms with Crippen molar-refractivity contribution in [3.63, 3.8) is 0 Å². The van der Waals surface area contributed by atoms with Crippen molar-refractivity contribution in [1.29, 1.82) is 0 Å². The van der Waals surface area contributed by atoms with E-state index in [-0.39, 0.29) is 29.6 Å². The van der Waals surface area contributed by atoms with Gasteiger partial charge in [0.05, 0.1) is 22.2 Å². The van der Waals surface area contributed by atoms with Crippen LogP contribution in [0.15, 0.2) is 42.5 Å². The zero-order valence-corrected chi connectivity index (χ0v) is 18.1. The standard InChI is InChI=1S/C21H24ClN5O4/c1-24(2)18-8-7-15(13-19(18)27(30)31)21(29)26-11-9-25(10-12-26)14-20(28)23-17-6-4-3-5-16(17)22/h3-8,13H,9-12,14H2,1-2H3,(H,23,28). The maximum absolute atomic E-state index is 12.8. The molecule has 0 spiro atoms. The first-order chi connectivity index (χ1) is 14.8. The van der Waals surface area contributed by atoms with Gasteiger partial charge in [-0.25, -0.2) is 0 Å². The summed E-state index contributed by atoms with van der Waals surface area (Å²) >= 11 is 6.06. The second-order valence-electron chi connectivity index (χ2n) is 7.45. The van der Waals surface area contributed by atoms with Crippen molar-refractivity contribution in [2.24, 2.45) is 0 Å². The van der Waals surface area contributed by atoms with Gasteiger partial charge in [0, 0.05) is 51.9 Å². The molecule has 1 aliphatic heterocycles. The van der Waals surface area contributed by atoms with Crippen molar-refractivity contribution in [3.8, 4) is 0 Å². The number of carbonyl (C=O) groups is 2. The number of nitro benzene ring substituents is 1. The fourth-order valence-corrected chi connectivity index (χ4v) is 3.61. The number of amides is 2. The lowest BCUT2D eigenvalue weighted by Gasteiger charge is -2.34. The molecule has 0 aromatic heterocycles. The molecule has 1 N–H and O–H groups in total. The molecule has 164 valence electrons. The molecule has 2 amide bonds. The average Bonchev–Trinajstić information content (AvgIpc) is 2.75. The molecule has 31 heavy (non-hydrogen) atoms. The lowest BCUT2D eigenvalue weighted by Crippen LogP contribution is -2.50. The van der Waals surface area contributed by atoms with Crippen LogP contribution in [0.25, 0.3) is 0 Å². The predicted molar refractivity (Wildman–Crippen MR) is 120 cm³/mol. The Bertz CT molecular complexity index is 989. The maximum Gasteiger partial charge on any atom is 0.293 e. The molecule has 2 aromatic carbocycles. The van der Waals surface area contributed by atoms with Crippen LogP contribution in [0.3, 0.4) is 0 Å². The summed E-state index contributed by atoms with van der Waals surface area (Å²) in [5.41, 5.74) is 1.18. The van der Waals surface area contributed by atoms with Crippen LogP contribution in [0.1, 0.15) is 10.4 Å². The minimum Gasteiger partial charge on any atom is -0.372 e. The Balaban J connectivity index is 1.57. The van der Waals surface area contributed by atoms with Crippen molar-refractivity contribution in [1.82, 2.24) is 9.80 Å². The third-order valence-electron chi connectivity index (χ3n) is 5.08. The van der Waals surface area contributed by atoms with E-state index in [4.69, 9.17) is 11.6 Å². The monoisotopic (exact) mass is 445 g/mol. The summed E-state index contributed by atoms with van der Waals surface area (Å²) in [5.74, 6) is -0.434. The van der Waals surface area contributed by atoms with Crippen LogP contribution in [0.4, 0.5) is 17.1 Å². The lowest BCUT2D eigenvalue weighted by molar-refractivity contribution is -0.384. The normalized spacial score (nSPS) is 14.2. The summed E-state index contributed by atoms with van der Waals surface area (Å²) in [6.45, 7) is 2.11. The van der Waals surface area contributed by atoms with Crippen molar-refractivity contribution < 1.29 is 14.5 Å². The number of rotatable bonds is 6. The number of para-hydroxylation sites is 1. The summed E-state index contributed by atoms with van der Waals surface area (Å²) in [6, 6.07) is 11.5. The Kier molecular flexibility index (Phi) is 7.09. The molecule has 0 unspecified atom stereocenters. The van der Waals surface area contributed by atoms with Crippen LogP contribution in [0.5, 0.6) is 0 Å². The zero-order valence-electron chi connectivity index (χ0n) is 17.4. The number of halogens is 1. The molecule has 10 heteroatoms. The van der Waals surface area contributed by atoms with Crippen molar-refractivity contribution >= 4 is 40.5 Å². The van der Waals surface area contributed by atoms with E-state index in [9.17, 15) is 19.7 Å². The largest absolute Gasteiger partial charge is 0.372 e. The fourth-order valence-electron chi connectivity index (χ4n) is 3.43. The summed E-state index contributed by atoms with van der Waals surface area (Å²) in [4.78, 5) is 41.3. The highest BCUT2D eigenvalue weighted by molar-refractivity contribution is 6.33. The molecule has 1 saturated heterocycles. The third kappa shape index (κ3) is 5.50. The van der Waals surface area contributed by atoms with Crippen molar-refractivity contribution in [2.45, 2.75) is 0 Å². The quantitative estimate of drug-likeness (QED) is 0.542. The Hall–Kier alpha value is -3.17. The first-order valence-corrected chi connectivity index (χ1v) is 10.2. The number of hydrogen-bond acceptors (Lipinski definition) is 6. The summed E-state index contributed by atoms with van der Waals surface area (Å²) < 4.78 is 0. The van der Waals surface area contributed by atoms with E-state index in [2.05, 4.69) is 5.32 Å². The van der Waals surface area contributed by atoms with Crippen LogP contribution < -0.4 is 10.2 Å². The third-order valence-corrected chi connectivity index (χ3v) is 5.41. The molecule has 3 rings (SSSR count). The van der Waals surface area contributed by atoms with Gasteiger partial charge in [-0.15, -0.1) is 0 Å². The highest BCUT2D eigenvalue weighted by Gasteiger charge is 2.26. The number of nitrogens with one attached hydrogen (secondary N) is 1. The van der Waals surface area contributed by atoms with Crippen LogP contribution in [0.2, 0.25) is 5.02 Å². The molecule has 1 heterocycles. The highest BCUT2D eigenvalue weighted by atomic mass is 35.5. The van der Waals surface area contributed by atoms with E-state index in [1.807, 2.05) is 4.90 Å². The first-order valence-electron chi connectivity index (χ1n) is 9.78. The smallest absolute Gasteiger partial charge is 0.293 e. The van der Waals surface area contributed by atoms with Crippen LogP contribution in [-0.4, -0.2) is 73.4 Å². The van der Waals surface area contributed by atoms with E-state index < -0.39 is 4.92 Å². The van der Waals surface area contributed by atoms with Crippen LogP contribution >= 0.6 is 11.6 Å². The minimum absolute atomic E-state index is 0.106. The molecular formula is C21H24ClN5O4. The SMILES string of the molecule is CN(C)c1ccc(C(=O)N2CCN(CC(=O)Nc3ccccc3Cl)CC2)cc1[N+](=O)[O-]. The second kappa shape index (κ2) is 9.76. The summed E-state index contributed by atoms with van der Waals surface area (Å²) in [6.07, 6.45) is 0. The molecule has 9 nitrogen and oxygen atoms in total. The van der Waals surface area contributed by atoms with Crippen molar-refractivity contribution in [2.75, 3.05) is 57.0 Å². The van der Waals surface area contributed by atoms with Gasteiger partial charge in [-0.3, -0.25) is 24.6 Å². The zero-order chi connectivity index (χ0) is 22.5. The summed E-state index contributed by atoms with van der Waals surface area (Å²) in [5, 5.41) is 14.6. The van der Waals surface area contributed by atoms with Gasteiger partial charge in [-0.1, -0.05) is 23.7 Å². The Morgan fingerprint density at radius 1 is 1.13 bits per heavy atom. The van der Waals surface area contributed by atoms with Gasteiger partial charge in [-0.05, 0) is 24.3 Å². The molecule has 2 aromatic rings. The van der Waals surface area contributed by atoms with Gasteiger partial charge >= 0.3 is 0 Å². The molecule has 1 aliphatic rings. The Morgan fingerprint density at radius 2 is 1.81 bits per heavy atom. The topological polar surface area (TPSA) is 99.0 Å². The molecular weight excluding hydrogens is 422 g/mol. The van der Waals surface area contributed by atoms with E-state index in [1.165, 1.54) is 6.07 Å². The number of hydrogen-bond donors (Lipinski definition) is 1. The molecule has 0 aliphatic carbocycles. The molecule has 1 fully saturated rings. The summed E-state index contributed by atoms with van der Waals surface area (Å²) in [7, 11) is 3.43. The van der Waals surface area contributed by atoms with Gasteiger partial charge in [-0.2, -0.15) is 0 Å². The van der Waals surface area contributed by atoms with E-state index in [1.54, 1.807) is 60.3 Å². The average molecular weight is 446 g/mol. The van der Waals surface area contributed by atoms with Gasteiger partial charge in [0.1, 0.15) is 5.69 Å². The number of nitrogens with zero attached hydrogens (tertiary/aromatic N) is 4. The van der Waals surface area contributed by atoms with E-state index in [0.717, 1.165) is 0 Å². The van der Waals surface area contributed by atoms with Gasteiger partial charge in [0.15, 0.2) is 0 Å².